The number of nitrogens with zero attached hydrogens (tertiary/aromatic N) is 2. The maximum absolute atomic E-state index is 15.4. The van der Waals surface area contributed by atoms with Gasteiger partial charge in [0.2, 0.25) is 5.43 Å². The van der Waals surface area contributed by atoms with Gasteiger partial charge in [-0.05, 0) is 18.9 Å². The molecule has 2 aliphatic rings. The molecule has 0 amide bonds. The smallest absolute Gasteiger partial charge is 0.341 e. The summed E-state index contributed by atoms with van der Waals surface area (Å²) in [7, 11) is 0. The molecule has 1 aliphatic heterocycles. The summed E-state index contributed by atoms with van der Waals surface area (Å²) in [5, 5.41) is 9.01. The van der Waals surface area contributed by atoms with E-state index in [1.807, 2.05) is 0 Å². The molecule has 2 heterocycles. The highest BCUT2D eigenvalue weighted by Gasteiger charge is 2.32. The van der Waals surface area contributed by atoms with E-state index < -0.39 is 28.6 Å². The maximum Gasteiger partial charge on any atom is 0.341 e. The first-order valence-electron chi connectivity index (χ1n) is 8.79. The van der Waals surface area contributed by atoms with E-state index in [0.29, 0.717) is 0 Å². The number of hydrogen-bond donors (Lipinski definition) is 2. The van der Waals surface area contributed by atoms with E-state index in [1.165, 1.54) is 9.47 Å². The number of pyridine rings is 1. The molecule has 2 fully saturated rings. The largest absolute Gasteiger partial charge is 0.477 e. The summed E-state index contributed by atoms with van der Waals surface area (Å²) >= 11 is 0. The number of carboxylic acids is 1. The fourth-order valence-electron chi connectivity index (χ4n) is 3.58. The Labute approximate surface area is 152 Å². The molecule has 0 unspecified atom stereocenters. The van der Waals surface area contributed by atoms with Gasteiger partial charge >= 0.3 is 5.97 Å². The minimum absolute atomic E-state index is 0.0558. The van der Waals surface area contributed by atoms with Gasteiger partial charge in [0, 0.05) is 31.9 Å². The van der Waals surface area contributed by atoms with E-state index in [-0.39, 0.29) is 55.0 Å². The van der Waals surface area contributed by atoms with E-state index in [1.54, 1.807) is 0 Å². The van der Waals surface area contributed by atoms with Crippen LogP contribution >= 0.6 is 0 Å². The summed E-state index contributed by atoms with van der Waals surface area (Å²) in [6.07, 6.45) is 2.32. The van der Waals surface area contributed by atoms with Gasteiger partial charge in [-0.2, -0.15) is 0 Å². The number of ether oxygens (including phenoxy) is 1. The standard InChI is InChI=1S/C18H19F2N3O4/c19-13-5-11-15(14(20)16(13)22-3-4-27-10(6-21)7-22)23(9-1-2-9)8-12(17(11)24)18(25)26/h5,8-10H,1-4,6-7,21H2,(H,25,26)/t10-/m1/s1. The van der Waals surface area contributed by atoms with Crippen LogP contribution in [-0.2, 0) is 4.74 Å². The van der Waals surface area contributed by atoms with Crippen molar-refractivity contribution >= 4 is 22.6 Å². The SMILES string of the molecule is NC[C@@H]1CN(c2c(F)cc3c(=O)c(C(=O)O)cn(C4CC4)c3c2F)CCO1. The summed E-state index contributed by atoms with van der Waals surface area (Å²) in [5.74, 6) is -3.18. The predicted molar refractivity (Wildman–Crippen MR) is 94.4 cm³/mol. The lowest BCUT2D eigenvalue weighted by atomic mass is 10.1. The third kappa shape index (κ3) is 2.96. The van der Waals surface area contributed by atoms with Crippen LogP contribution < -0.4 is 16.1 Å². The third-order valence-corrected chi connectivity index (χ3v) is 5.07. The van der Waals surface area contributed by atoms with Crippen molar-refractivity contribution in [1.29, 1.82) is 0 Å². The predicted octanol–water partition coefficient (Wildman–Crippen LogP) is 1.48. The number of halogens is 2. The molecule has 0 radical (unpaired) electrons. The van der Waals surface area contributed by atoms with Crippen molar-refractivity contribution in [3.8, 4) is 0 Å². The van der Waals surface area contributed by atoms with Gasteiger partial charge in [0.25, 0.3) is 0 Å². The number of morpholine rings is 1. The second-order valence-electron chi connectivity index (χ2n) is 6.91. The first-order chi connectivity index (χ1) is 12.9. The number of carboxylic acid groups (broad SMARTS) is 1. The number of nitrogens with two attached hydrogens (primary N) is 1. The molecule has 1 aliphatic carbocycles. The molecule has 1 saturated heterocycles. The molecule has 9 heteroatoms. The zero-order chi connectivity index (χ0) is 19.3. The normalized spacial score (nSPS) is 20.3. The van der Waals surface area contributed by atoms with Crippen molar-refractivity contribution in [3.05, 3.63) is 39.7 Å². The van der Waals surface area contributed by atoms with Gasteiger partial charge in [0.15, 0.2) is 5.82 Å². The minimum atomic E-state index is -1.42. The number of benzene rings is 1. The van der Waals surface area contributed by atoms with Crippen molar-refractivity contribution < 1.29 is 23.4 Å². The quantitative estimate of drug-likeness (QED) is 0.835. The van der Waals surface area contributed by atoms with Gasteiger partial charge in [-0.1, -0.05) is 0 Å². The van der Waals surface area contributed by atoms with Crippen molar-refractivity contribution in [2.75, 3.05) is 31.1 Å². The lowest BCUT2D eigenvalue weighted by molar-refractivity contribution is 0.0461. The second-order valence-corrected chi connectivity index (χ2v) is 6.91. The summed E-state index contributed by atoms with van der Waals surface area (Å²) in [6, 6.07) is 0.842. The fraction of sp³-hybridized carbons (Fsp3) is 0.444. The highest BCUT2D eigenvalue weighted by atomic mass is 19.1. The Bertz CT molecular complexity index is 987. The van der Waals surface area contributed by atoms with Crippen LogP contribution in [0, 0.1) is 11.6 Å². The Morgan fingerprint density at radius 2 is 2.11 bits per heavy atom. The zero-order valence-electron chi connectivity index (χ0n) is 14.5. The van der Waals surface area contributed by atoms with Crippen LogP contribution in [0.4, 0.5) is 14.5 Å². The van der Waals surface area contributed by atoms with Crippen LogP contribution in [0.5, 0.6) is 0 Å². The molecule has 4 rings (SSSR count). The molecule has 144 valence electrons. The second kappa shape index (κ2) is 6.58. The Morgan fingerprint density at radius 3 is 2.74 bits per heavy atom. The Hall–Kier alpha value is -2.52. The zero-order valence-corrected chi connectivity index (χ0v) is 14.5. The van der Waals surface area contributed by atoms with Crippen LogP contribution in [-0.4, -0.2) is 48.0 Å². The van der Waals surface area contributed by atoms with Gasteiger partial charge < -0.3 is 25.0 Å². The topological polar surface area (TPSA) is 97.8 Å². The molecule has 1 atom stereocenters. The van der Waals surface area contributed by atoms with E-state index in [0.717, 1.165) is 25.1 Å². The average Bonchev–Trinajstić information content (AvgIpc) is 3.47. The van der Waals surface area contributed by atoms with Crippen LogP contribution in [0.15, 0.2) is 17.1 Å². The molecule has 3 N–H and O–H groups in total. The van der Waals surface area contributed by atoms with Crippen LogP contribution in [0.3, 0.4) is 0 Å². The molecule has 0 bridgehead atoms. The average molecular weight is 379 g/mol. The molecule has 1 aromatic carbocycles. The van der Waals surface area contributed by atoms with Crippen molar-refractivity contribution in [1.82, 2.24) is 4.57 Å². The van der Waals surface area contributed by atoms with E-state index in [4.69, 9.17) is 10.5 Å². The molecular formula is C18H19F2N3O4. The number of carbonyl (C=O) groups is 1. The molecule has 1 saturated carbocycles. The van der Waals surface area contributed by atoms with Gasteiger partial charge in [-0.15, -0.1) is 0 Å². The first kappa shape index (κ1) is 17.9. The van der Waals surface area contributed by atoms with Gasteiger partial charge in [0.1, 0.15) is 17.1 Å². The van der Waals surface area contributed by atoms with E-state index in [2.05, 4.69) is 0 Å². The Balaban J connectivity index is 1.95. The summed E-state index contributed by atoms with van der Waals surface area (Å²) in [5.41, 5.74) is 3.94. The molecule has 2 aromatic rings. The summed E-state index contributed by atoms with van der Waals surface area (Å²) < 4.78 is 37.2. The highest BCUT2D eigenvalue weighted by Crippen LogP contribution is 2.39. The number of anilines is 1. The molecular weight excluding hydrogens is 360 g/mol. The van der Waals surface area contributed by atoms with Gasteiger partial charge in [0.05, 0.1) is 23.6 Å². The maximum atomic E-state index is 15.4. The Morgan fingerprint density at radius 1 is 1.37 bits per heavy atom. The van der Waals surface area contributed by atoms with Crippen LogP contribution in [0.1, 0.15) is 29.2 Å². The first-order valence-corrected chi connectivity index (χ1v) is 8.79. The monoisotopic (exact) mass is 379 g/mol. The van der Waals surface area contributed by atoms with Crippen molar-refractivity contribution in [2.45, 2.75) is 25.0 Å². The van der Waals surface area contributed by atoms with Crippen LogP contribution in [0.2, 0.25) is 0 Å². The molecule has 27 heavy (non-hydrogen) atoms. The highest BCUT2D eigenvalue weighted by molar-refractivity contribution is 5.94. The number of aromatic carboxylic acids is 1. The molecule has 1 aromatic heterocycles. The lowest BCUT2D eigenvalue weighted by Gasteiger charge is -2.34. The van der Waals surface area contributed by atoms with Crippen molar-refractivity contribution in [2.24, 2.45) is 5.73 Å². The minimum Gasteiger partial charge on any atom is -0.477 e. The molecule has 0 spiro atoms. The Kier molecular flexibility index (Phi) is 4.35. The lowest BCUT2D eigenvalue weighted by Crippen LogP contribution is -2.46. The fourth-order valence-corrected chi connectivity index (χ4v) is 3.58. The summed E-state index contributed by atoms with van der Waals surface area (Å²) in [6.45, 7) is 1.03. The van der Waals surface area contributed by atoms with Gasteiger partial charge in [-0.3, -0.25) is 4.79 Å². The van der Waals surface area contributed by atoms with Crippen LogP contribution in [0.25, 0.3) is 10.9 Å². The van der Waals surface area contributed by atoms with Crippen molar-refractivity contribution in [3.63, 3.8) is 0 Å². The number of hydrogen-bond acceptors (Lipinski definition) is 5. The third-order valence-electron chi connectivity index (χ3n) is 5.07. The number of aromatic nitrogens is 1. The molecule has 7 nitrogen and oxygen atoms in total. The number of fused-ring (bicyclic) bond motifs is 1. The van der Waals surface area contributed by atoms with E-state index in [9.17, 15) is 19.1 Å². The number of rotatable bonds is 4. The van der Waals surface area contributed by atoms with Gasteiger partial charge in [-0.25, -0.2) is 13.6 Å². The summed E-state index contributed by atoms with van der Waals surface area (Å²) in [4.78, 5) is 25.4. The van der Waals surface area contributed by atoms with E-state index >= 15 is 4.39 Å².